The summed E-state index contributed by atoms with van der Waals surface area (Å²) in [6.45, 7) is 3.50. The van der Waals surface area contributed by atoms with Crippen LogP contribution in [0.1, 0.15) is 23.4 Å². The van der Waals surface area contributed by atoms with Crippen molar-refractivity contribution in [2.24, 2.45) is 0 Å². The van der Waals surface area contributed by atoms with Gasteiger partial charge in [-0.15, -0.1) is 0 Å². The van der Waals surface area contributed by atoms with Gasteiger partial charge in [0.2, 0.25) is 11.7 Å². The third-order valence-corrected chi connectivity index (χ3v) is 5.24. The van der Waals surface area contributed by atoms with E-state index in [0.29, 0.717) is 26.2 Å². The molecular formula is C24H24N6O4. The molecule has 10 nitrogen and oxygen atoms in total. The highest BCUT2D eigenvalue weighted by Gasteiger charge is 2.09. The number of imidazole rings is 2. The van der Waals surface area contributed by atoms with Gasteiger partial charge in [-0.1, -0.05) is 24.3 Å². The van der Waals surface area contributed by atoms with Crippen LogP contribution in [0.3, 0.4) is 0 Å². The summed E-state index contributed by atoms with van der Waals surface area (Å²) in [6, 6.07) is 14.1. The Hall–Kier alpha value is -4.47. The highest BCUT2D eigenvalue weighted by molar-refractivity contribution is 5.88. The highest BCUT2D eigenvalue weighted by Crippen LogP contribution is 2.23. The van der Waals surface area contributed by atoms with Crippen molar-refractivity contribution in [3.8, 4) is 5.75 Å². The van der Waals surface area contributed by atoms with Gasteiger partial charge in [0.15, 0.2) is 0 Å². The van der Waals surface area contributed by atoms with E-state index in [0.717, 1.165) is 34.1 Å². The number of ether oxygens (including phenoxy) is 2. The number of rotatable bonds is 10. The molecule has 0 saturated heterocycles. The maximum absolute atomic E-state index is 10.6. The lowest BCUT2D eigenvalue weighted by atomic mass is 10.1. The molecular weight excluding hydrogens is 436 g/mol. The fourth-order valence-corrected chi connectivity index (χ4v) is 3.44. The fourth-order valence-electron chi connectivity index (χ4n) is 3.44. The van der Waals surface area contributed by atoms with Crippen LogP contribution in [-0.4, -0.2) is 43.6 Å². The van der Waals surface area contributed by atoms with E-state index >= 15 is 0 Å². The van der Waals surface area contributed by atoms with Crippen LogP contribution >= 0.6 is 0 Å². The summed E-state index contributed by atoms with van der Waals surface area (Å²) < 4.78 is 13.4. The number of H-pyrrole nitrogens is 1. The van der Waals surface area contributed by atoms with E-state index in [4.69, 9.17) is 14.9 Å². The molecule has 10 heteroatoms. The van der Waals surface area contributed by atoms with Gasteiger partial charge in [-0.3, -0.25) is 5.41 Å². The predicted octanol–water partition coefficient (Wildman–Crippen LogP) is 4.50. The topological polar surface area (TPSA) is 132 Å². The number of para-hydroxylation sites is 2. The Labute approximate surface area is 195 Å². The molecule has 0 aliphatic heterocycles. The molecule has 34 heavy (non-hydrogen) atoms. The van der Waals surface area contributed by atoms with E-state index in [-0.39, 0.29) is 17.5 Å². The lowest BCUT2D eigenvalue weighted by Crippen LogP contribution is -2.08. The van der Waals surface area contributed by atoms with Crippen molar-refractivity contribution in [3.05, 3.63) is 88.1 Å². The molecule has 2 aromatic heterocycles. The van der Waals surface area contributed by atoms with Gasteiger partial charge in [0.05, 0.1) is 30.6 Å². The molecule has 0 aliphatic carbocycles. The van der Waals surface area contributed by atoms with Crippen LogP contribution in [0.25, 0.3) is 17.1 Å². The molecule has 0 atom stereocenters. The number of aromatic amines is 1. The van der Waals surface area contributed by atoms with Crippen LogP contribution in [0.5, 0.6) is 5.75 Å². The zero-order valence-corrected chi connectivity index (χ0v) is 18.6. The van der Waals surface area contributed by atoms with Crippen molar-refractivity contribution in [2.45, 2.75) is 19.9 Å². The van der Waals surface area contributed by atoms with E-state index in [1.807, 2.05) is 43.6 Å². The Bertz CT molecular complexity index is 1340. The largest absolute Gasteiger partial charge is 0.493 e. The van der Waals surface area contributed by atoms with Crippen molar-refractivity contribution >= 4 is 28.8 Å². The number of nitrogens with zero attached hydrogens (tertiary/aromatic N) is 4. The first-order valence-electron chi connectivity index (χ1n) is 10.7. The fraction of sp³-hybridized carbons (Fsp3) is 0.208. The summed E-state index contributed by atoms with van der Waals surface area (Å²) in [4.78, 5) is 20.9. The quantitative estimate of drug-likeness (QED) is 0.118. The summed E-state index contributed by atoms with van der Waals surface area (Å²) in [5, 5.41) is 18.5. The molecule has 0 fully saturated rings. The number of fused-ring (bicyclic) bond motifs is 1. The second kappa shape index (κ2) is 10.4. The van der Waals surface area contributed by atoms with Gasteiger partial charge in [0, 0.05) is 25.1 Å². The van der Waals surface area contributed by atoms with Gasteiger partial charge in [-0.2, -0.15) is 0 Å². The smallest absolute Gasteiger partial charge is 0.340 e. The number of nitrogens with one attached hydrogen (secondary N) is 2. The van der Waals surface area contributed by atoms with E-state index in [2.05, 4.69) is 31.7 Å². The van der Waals surface area contributed by atoms with Crippen LogP contribution < -0.4 is 4.74 Å². The minimum atomic E-state index is -0.566. The zero-order chi connectivity index (χ0) is 23.9. The number of benzene rings is 2. The van der Waals surface area contributed by atoms with Gasteiger partial charge < -0.3 is 24.2 Å². The molecule has 0 spiro atoms. The van der Waals surface area contributed by atoms with Gasteiger partial charge >= 0.3 is 5.82 Å². The number of hydrogen-bond donors (Lipinski definition) is 2. The van der Waals surface area contributed by atoms with E-state index in [1.54, 1.807) is 0 Å². The number of hydrogen-bond acceptors (Lipinski definition) is 7. The van der Waals surface area contributed by atoms with Gasteiger partial charge in [-0.25, -0.2) is 15.0 Å². The molecule has 0 unspecified atom stereocenters. The van der Waals surface area contributed by atoms with Crippen LogP contribution in [0.2, 0.25) is 0 Å². The minimum Gasteiger partial charge on any atom is -0.493 e. The van der Waals surface area contributed by atoms with Crippen molar-refractivity contribution in [1.29, 1.82) is 5.41 Å². The van der Waals surface area contributed by atoms with Crippen molar-refractivity contribution in [1.82, 2.24) is 19.5 Å². The van der Waals surface area contributed by atoms with Crippen LogP contribution in [0, 0.1) is 22.4 Å². The molecule has 4 aromatic rings. The third kappa shape index (κ3) is 5.47. The minimum absolute atomic E-state index is 0.0650. The van der Waals surface area contributed by atoms with Crippen LogP contribution in [0.4, 0.5) is 5.82 Å². The summed E-state index contributed by atoms with van der Waals surface area (Å²) in [5.74, 6) is 0.825. The molecule has 2 N–H and O–H groups in total. The Morgan fingerprint density at radius 2 is 2.06 bits per heavy atom. The molecule has 2 aromatic carbocycles. The zero-order valence-electron chi connectivity index (χ0n) is 18.6. The first-order chi connectivity index (χ1) is 16.5. The highest BCUT2D eigenvalue weighted by atomic mass is 16.6. The summed E-state index contributed by atoms with van der Waals surface area (Å²) in [5.41, 5.74) is 4.29. The average Bonchev–Trinajstić information content (AvgIpc) is 3.47. The van der Waals surface area contributed by atoms with E-state index in [9.17, 15) is 10.1 Å². The monoisotopic (exact) mass is 460 g/mol. The number of nitro groups is 1. The van der Waals surface area contributed by atoms with Crippen LogP contribution in [0.15, 0.2) is 61.1 Å². The molecule has 4 rings (SSSR count). The summed E-state index contributed by atoms with van der Waals surface area (Å²) in [6.07, 6.45) is 6.40. The first kappa shape index (κ1) is 22.7. The molecule has 0 radical (unpaired) electrons. The van der Waals surface area contributed by atoms with E-state index in [1.165, 1.54) is 12.2 Å². The normalized spacial score (nSPS) is 11.2. The first-order valence-corrected chi connectivity index (χ1v) is 10.7. The molecule has 0 amide bonds. The molecule has 0 bridgehead atoms. The molecule has 0 saturated carbocycles. The molecule has 174 valence electrons. The Morgan fingerprint density at radius 1 is 1.21 bits per heavy atom. The Balaban J connectivity index is 1.24. The Morgan fingerprint density at radius 3 is 2.88 bits per heavy atom. The maximum atomic E-state index is 10.6. The molecule has 2 heterocycles. The van der Waals surface area contributed by atoms with Crippen molar-refractivity contribution in [2.75, 3.05) is 13.2 Å². The van der Waals surface area contributed by atoms with Crippen molar-refractivity contribution < 1.29 is 14.4 Å². The van der Waals surface area contributed by atoms with Gasteiger partial charge in [-0.05, 0) is 41.2 Å². The standard InChI is InChI=1S/C24H24N6O4/c1-17-18(15-29-16-27-19-7-2-3-8-20(19)29)6-4-9-21(17)33-12-5-13-34-22(25)10-11-23-26-14-24(28-23)30(31)32/h2-4,6-11,14,16,25H,5,12-13,15H2,1H3,(H,26,28)/b11-10-,25-22?. The second-order valence-electron chi connectivity index (χ2n) is 7.56. The Kier molecular flexibility index (Phi) is 6.97. The lowest BCUT2D eigenvalue weighted by Gasteiger charge is -2.14. The SMILES string of the molecule is Cc1c(Cn2cnc3ccccc32)cccc1OCCCOC(=N)/C=C\c1ncc([N+](=O)[O-])[nH]1. The summed E-state index contributed by atoms with van der Waals surface area (Å²) >= 11 is 0. The number of aromatic nitrogens is 4. The maximum Gasteiger partial charge on any atom is 0.340 e. The molecule has 0 aliphatic rings. The lowest BCUT2D eigenvalue weighted by molar-refractivity contribution is -0.389. The third-order valence-electron chi connectivity index (χ3n) is 5.24. The summed E-state index contributed by atoms with van der Waals surface area (Å²) in [7, 11) is 0. The predicted molar refractivity (Wildman–Crippen MR) is 128 cm³/mol. The van der Waals surface area contributed by atoms with Crippen LogP contribution in [-0.2, 0) is 11.3 Å². The van der Waals surface area contributed by atoms with Crippen molar-refractivity contribution in [3.63, 3.8) is 0 Å². The second-order valence-corrected chi connectivity index (χ2v) is 7.56. The van der Waals surface area contributed by atoms with E-state index < -0.39 is 4.92 Å². The average molecular weight is 460 g/mol. The van der Waals surface area contributed by atoms with Gasteiger partial charge in [0.1, 0.15) is 11.9 Å². The van der Waals surface area contributed by atoms with Gasteiger partial charge in [0.25, 0.3) is 0 Å².